The number of likely N-dealkylation sites (N-methyl/N-ethyl adjacent to an activating group) is 1. The van der Waals surface area contributed by atoms with Crippen molar-refractivity contribution in [2.75, 3.05) is 26.0 Å². The number of carbonyl (C=O) groups is 1. The number of fused-ring (bicyclic) bond motifs is 1. The summed E-state index contributed by atoms with van der Waals surface area (Å²) in [4.78, 5) is 18.6. The molecule has 0 spiro atoms. The summed E-state index contributed by atoms with van der Waals surface area (Å²) in [6.45, 7) is 3.74. The molecule has 2 aromatic heterocycles. The van der Waals surface area contributed by atoms with Crippen LogP contribution in [-0.4, -0.2) is 41.8 Å². The highest BCUT2D eigenvalue weighted by Crippen LogP contribution is 2.37. The van der Waals surface area contributed by atoms with E-state index in [2.05, 4.69) is 16.0 Å². The monoisotopic (exact) mass is 357 g/mol. The maximum atomic E-state index is 11.7. The third-order valence-corrected chi connectivity index (χ3v) is 4.97. The highest BCUT2D eigenvalue weighted by molar-refractivity contribution is 7.99. The van der Waals surface area contributed by atoms with E-state index in [0.29, 0.717) is 23.0 Å². The number of nitriles is 1. The molecular weight excluding hydrogens is 338 g/mol. The summed E-state index contributed by atoms with van der Waals surface area (Å²) in [7, 11) is 2.05. The molecule has 2 aromatic rings. The molecule has 6 nitrogen and oxygen atoms in total. The van der Waals surface area contributed by atoms with Gasteiger partial charge in [0.2, 0.25) is 0 Å². The first-order valence-corrected chi connectivity index (χ1v) is 9.09. The molecule has 0 saturated carbocycles. The van der Waals surface area contributed by atoms with Crippen molar-refractivity contribution in [1.29, 1.82) is 5.26 Å². The Balaban J connectivity index is 2.06. The van der Waals surface area contributed by atoms with Crippen LogP contribution in [0.25, 0.3) is 11.3 Å². The molecular formula is C18H19N3O3S. The number of carbonyl (C=O) groups excluding carboxylic acids is 1. The highest BCUT2D eigenvalue weighted by atomic mass is 32.2. The van der Waals surface area contributed by atoms with E-state index in [0.717, 1.165) is 36.3 Å². The maximum absolute atomic E-state index is 11.7. The highest BCUT2D eigenvalue weighted by Gasteiger charge is 2.26. The number of hydrogen-bond donors (Lipinski definition) is 0. The van der Waals surface area contributed by atoms with E-state index in [1.165, 1.54) is 11.8 Å². The lowest BCUT2D eigenvalue weighted by atomic mass is 9.95. The predicted octanol–water partition coefficient (Wildman–Crippen LogP) is 2.86. The normalized spacial score (nSPS) is 14.0. The van der Waals surface area contributed by atoms with Crippen LogP contribution in [0.15, 0.2) is 27.8 Å². The van der Waals surface area contributed by atoms with Crippen molar-refractivity contribution in [2.24, 2.45) is 0 Å². The third-order valence-electron chi connectivity index (χ3n) is 4.02. The lowest BCUT2D eigenvalue weighted by Crippen LogP contribution is -2.28. The van der Waals surface area contributed by atoms with Gasteiger partial charge in [0.1, 0.15) is 16.9 Å². The molecule has 1 aliphatic heterocycles. The van der Waals surface area contributed by atoms with Gasteiger partial charge in [0, 0.05) is 36.3 Å². The van der Waals surface area contributed by atoms with Crippen molar-refractivity contribution in [3.8, 4) is 17.4 Å². The second-order valence-corrected chi connectivity index (χ2v) is 6.73. The molecule has 0 amide bonds. The first-order chi connectivity index (χ1) is 12.1. The Kier molecular flexibility index (Phi) is 5.41. The zero-order chi connectivity index (χ0) is 17.8. The van der Waals surface area contributed by atoms with Crippen LogP contribution in [0.3, 0.4) is 0 Å². The van der Waals surface area contributed by atoms with Crippen LogP contribution in [-0.2, 0) is 22.5 Å². The molecule has 25 heavy (non-hydrogen) atoms. The summed E-state index contributed by atoms with van der Waals surface area (Å²) >= 11 is 1.24. The van der Waals surface area contributed by atoms with Crippen molar-refractivity contribution in [3.05, 3.63) is 35.2 Å². The number of thioether (sulfide) groups is 1. The molecule has 3 heterocycles. The van der Waals surface area contributed by atoms with E-state index >= 15 is 0 Å². The molecule has 0 saturated heterocycles. The van der Waals surface area contributed by atoms with E-state index in [1.807, 2.05) is 13.1 Å². The SMILES string of the molecule is CCOC(=O)CSc1nc2c(c(-c3ccco3)c1C#N)CN(C)CC2. The Morgan fingerprint density at radius 3 is 3.08 bits per heavy atom. The van der Waals surface area contributed by atoms with Crippen molar-refractivity contribution in [2.45, 2.75) is 24.9 Å². The second-order valence-electron chi connectivity index (χ2n) is 5.76. The van der Waals surface area contributed by atoms with Gasteiger partial charge < -0.3 is 14.1 Å². The average Bonchev–Trinajstić information content (AvgIpc) is 3.13. The lowest BCUT2D eigenvalue weighted by Gasteiger charge is -2.27. The summed E-state index contributed by atoms with van der Waals surface area (Å²) in [6.07, 6.45) is 2.40. The molecule has 0 atom stereocenters. The summed E-state index contributed by atoms with van der Waals surface area (Å²) in [5.74, 6) is 0.477. The molecule has 0 bridgehead atoms. The maximum Gasteiger partial charge on any atom is 0.316 e. The molecule has 0 radical (unpaired) electrons. The average molecular weight is 357 g/mol. The van der Waals surface area contributed by atoms with Crippen molar-refractivity contribution >= 4 is 17.7 Å². The zero-order valence-electron chi connectivity index (χ0n) is 14.2. The number of pyridine rings is 1. The minimum atomic E-state index is -0.310. The summed E-state index contributed by atoms with van der Waals surface area (Å²) in [5.41, 5.74) is 3.24. The number of esters is 1. The van der Waals surface area contributed by atoms with Gasteiger partial charge in [-0.25, -0.2) is 4.98 Å². The summed E-state index contributed by atoms with van der Waals surface area (Å²) in [5, 5.41) is 10.3. The van der Waals surface area contributed by atoms with Crippen molar-refractivity contribution < 1.29 is 13.9 Å². The summed E-state index contributed by atoms with van der Waals surface area (Å²) < 4.78 is 10.6. The minimum Gasteiger partial charge on any atom is -0.465 e. The standard InChI is InChI=1S/C18H19N3O3S/c1-3-23-16(22)11-25-18-12(9-19)17(15-5-4-8-24-15)13-10-21(2)7-6-14(13)20-18/h4-5,8H,3,6-7,10-11H2,1-2H3. The third kappa shape index (κ3) is 3.70. The quantitative estimate of drug-likeness (QED) is 0.601. The first-order valence-electron chi connectivity index (χ1n) is 8.10. The molecule has 1 aliphatic rings. The molecule has 3 rings (SSSR count). The fourth-order valence-corrected chi connectivity index (χ4v) is 3.71. The van der Waals surface area contributed by atoms with Crippen LogP contribution in [0.1, 0.15) is 23.7 Å². The number of nitrogens with zero attached hydrogens (tertiary/aromatic N) is 3. The molecule has 7 heteroatoms. The van der Waals surface area contributed by atoms with Gasteiger partial charge >= 0.3 is 5.97 Å². The molecule has 0 aliphatic carbocycles. The topological polar surface area (TPSA) is 79.4 Å². The fourth-order valence-electron chi connectivity index (χ4n) is 2.90. The Morgan fingerprint density at radius 2 is 2.40 bits per heavy atom. The number of ether oxygens (including phenoxy) is 1. The van der Waals surface area contributed by atoms with Gasteiger partial charge in [0.05, 0.1) is 24.2 Å². The minimum absolute atomic E-state index is 0.131. The van der Waals surface area contributed by atoms with Gasteiger partial charge in [-0.2, -0.15) is 5.26 Å². The first kappa shape index (κ1) is 17.5. The lowest BCUT2D eigenvalue weighted by molar-refractivity contribution is -0.139. The Bertz CT molecular complexity index is 812. The number of rotatable bonds is 5. The van der Waals surface area contributed by atoms with Crippen molar-refractivity contribution in [1.82, 2.24) is 9.88 Å². The van der Waals surface area contributed by atoms with Gasteiger partial charge in [-0.15, -0.1) is 0 Å². The van der Waals surface area contributed by atoms with E-state index in [4.69, 9.17) is 9.15 Å². The molecule has 0 unspecified atom stereocenters. The smallest absolute Gasteiger partial charge is 0.316 e. The largest absolute Gasteiger partial charge is 0.465 e. The molecule has 0 fully saturated rings. The van der Waals surface area contributed by atoms with Gasteiger partial charge in [-0.1, -0.05) is 11.8 Å². The van der Waals surface area contributed by atoms with Gasteiger partial charge in [0.25, 0.3) is 0 Å². The zero-order valence-corrected chi connectivity index (χ0v) is 15.1. The van der Waals surface area contributed by atoms with Gasteiger partial charge in [-0.3, -0.25) is 4.79 Å². The van der Waals surface area contributed by atoms with E-state index in [-0.39, 0.29) is 11.7 Å². The number of aromatic nitrogens is 1. The van der Waals surface area contributed by atoms with Crippen LogP contribution in [0.2, 0.25) is 0 Å². The molecule has 0 N–H and O–H groups in total. The predicted molar refractivity (Wildman–Crippen MR) is 94.0 cm³/mol. The molecule has 130 valence electrons. The van der Waals surface area contributed by atoms with Crippen LogP contribution in [0.5, 0.6) is 0 Å². The fraction of sp³-hybridized carbons (Fsp3) is 0.389. The van der Waals surface area contributed by atoms with E-state index < -0.39 is 0 Å². The summed E-state index contributed by atoms with van der Waals surface area (Å²) in [6, 6.07) is 5.92. The van der Waals surface area contributed by atoms with Crippen LogP contribution < -0.4 is 0 Å². The number of furan rings is 1. The van der Waals surface area contributed by atoms with Crippen LogP contribution in [0.4, 0.5) is 0 Å². The Morgan fingerprint density at radius 1 is 1.56 bits per heavy atom. The van der Waals surface area contributed by atoms with Crippen molar-refractivity contribution in [3.63, 3.8) is 0 Å². The van der Waals surface area contributed by atoms with E-state index in [9.17, 15) is 10.1 Å². The second kappa shape index (κ2) is 7.72. The Labute approximate surface area is 150 Å². The van der Waals surface area contributed by atoms with Crippen LogP contribution in [0, 0.1) is 11.3 Å². The Hall–Kier alpha value is -2.30. The van der Waals surface area contributed by atoms with Crippen LogP contribution >= 0.6 is 11.8 Å². The number of hydrogen-bond acceptors (Lipinski definition) is 7. The molecule has 0 aromatic carbocycles. The van der Waals surface area contributed by atoms with Gasteiger partial charge in [-0.05, 0) is 26.1 Å². The van der Waals surface area contributed by atoms with E-state index in [1.54, 1.807) is 19.3 Å². The van der Waals surface area contributed by atoms with Gasteiger partial charge in [0.15, 0.2) is 0 Å².